The van der Waals surface area contributed by atoms with Gasteiger partial charge in [-0.3, -0.25) is 4.79 Å². The van der Waals surface area contributed by atoms with Crippen molar-refractivity contribution < 1.29 is 23.5 Å². The fourth-order valence-electron chi connectivity index (χ4n) is 2.84. The highest BCUT2D eigenvalue weighted by Crippen LogP contribution is 2.32. The lowest BCUT2D eigenvalue weighted by Crippen LogP contribution is -2.43. The predicted molar refractivity (Wildman–Crippen MR) is 106 cm³/mol. The maximum Gasteiger partial charge on any atom is 0.329 e. The third-order valence-electron chi connectivity index (χ3n) is 4.25. The average Bonchev–Trinajstić information content (AvgIpc) is 3.43. The van der Waals surface area contributed by atoms with Crippen molar-refractivity contribution >= 4 is 23.7 Å². The number of imide groups is 1. The summed E-state index contributed by atoms with van der Waals surface area (Å²) in [6.45, 7) is 0.355. The zero-order valence-electron chi connectivity index (χ0n) is 15.4. The summed E-state index contributed by atoms with van der Waals surface area (Å²) in [5.74, 6) is 1.40. The molecule has 146 valence electrons. The fraction of sp³-hybridized carbons (Fsp3) is 0.0909. The van der Waals surface area contributed by atoms with Crippen LogP contribution in [-0.2, 0) is 11.3 Å². The zero-order valence-corrected chi connectivity index (χ0v) is 15.4. The first-order valence-electron chi connectivity index (χ1n) is 8.98. The molecule has 0 saturated carbocycles. The van der Waals surface area contributed by atoms with Crippen LogP contribution >= 0.6 is 0 Å². The summed E-state index contributed by atoms with van der Waals surface area (Å²) < 4.78 is 15.8. The number of urea groups is 1. The van der Waals surface area contributed by atoms with Gasteiger partial charge in [-0.15, -0.1) is 0 Å². The van der Waals surface area contributed by atoms with Crippen LogP contribution in [0.5, 0.6) is 11.5 Å². The Morgan fingerprint density at radius 3 is 2.62 bits per heavy atom. The second kappa shape index (κ2) is 8.35. The Balaban J connectivity index is 1.52. The molecule has 0 unspecified atom stereocenters. The Hall–Kier alpha value is -4.00. The molecule has 0 spiro atoms. The number of hydrogen-bond donors (Lipinski definition) is 1. The van der Waals surface area contributed by atoms with Crippen molar-refractivity contribution in [3.8, 4) is 11.5 Å². The maximum atomic E-state index is 12.9. The lowest BCUT2D eigenvalue weighted by Gasteiger charge is -2.19. The molecular formula is C22H18N2O5. The normalized spacial score (nSPS) is 12.1. The fourth-order valence-corrected chi connectivity index (χ4v) is 2.84. The quantitative estimate of drug-likeness (QED) is 0.667. The van der Waals surface area contributed by atoms with Gasteiger partial charge in [-0.05, 0) is 48.0 Å². The van der Waals surface area contributed by atoms with E-state index < -0.39 is 11.9 Å². The van der Waals surface area contributed by atoms with Gasteiger partial charge in [0.25, 0.3) is 5.91 Å². The molecule has 0 saturated heterocycles. The number of anilines is 1. The predicted octanol–water partition coefficient (Wildman–Crippen LogP) is 3.96. The summed E-state index contributed by atoms with van der Waals surface area (Å²) in [6.07, 6.45) is 4.49. The minimum Gasteiger partial charge on any atom is -0.467 e. The molecule has 7 heteroatoms. The summed E-state index contributed by atoms with van der Waals surface area (Å²) in [5.41, 5.74) is 1.22. The minimum absolute atomic E-state index is 0.175. The Morgan fingerprint density at radius 1 is 1.00 bits per heavy atom. The first kappa shape index (κ1) is 18.4. The summed E-state index contributed by atoms with van der Waals surface area (Å²) in [5, 5.41) is 2.70. The van der Waals surface area contributed by atoms with E-state index in [1.807, 2.05) is 6.07 Å². The molecular weight excluding hydrogens is 372 g/mol. The van der Waals surface area contributed by atoms with Gasteiger partial charge >= 0.3 is 6.03 Å². The third-order valence-corrected chi connectivity index (χ3v) is 4.25. The second-order valence-corrected chi connectivity index (χ2v) is 6.19. The molecule has 1 aromatic heterocycles. The van der Waals surface area contributed by atoms with Crippen LogP contribution in [0.2, 0.25) is 0 Å². The monoisotopic (exact) mass is 390 g/mol. The van der Waals surface area contributed by atoms with Gasteiger partial charge in [0.15, 0.2) is 11.5 Å². The number of fused-ring (bicyclic) bond motifs is 1. The first-order chi connectivity index (χ1) is 14.2. The Morgan fingerprint density at radius 2 is 1.83 bits per heavy atom. The van der Waals surface area contributed by atoms with Crippen LogP contribution in [0.4, 0.5) is 10.5 Å². The van der Waals surface area contributed by atoms with E-state index in [9.17, 15) is 9.59 Å². The van der Waals surface area contributed by atoms with Gasteiger partial charge in [0.2, 0.25) is 6.79 Å². The van der Waals surface area contributed by atoms with Crippen molar-refractivity contribution in [2.45, 2.75) is 6.54 Å². The summed E-state index contributed by atoms with van der Waals surface area (Å²) in [4.78, 5) is 26.7. The molecule has 0 atom stereocenters. The van der Waals surface area contributed by atoms with E-state index >= 15 is 0 Å². The van der Waals surface area contributed by atoms with Gasteiger partial charge in [0.1, 0.15) is 5.76 Å². The summed E-state index contributed by atoms with van der Waals surface area (Å²) >= 11 is 0. The SMILES string of the molecule is O=C(/C=C/c1ccc2c(c1)OCO2)N(C(=O)NCc1ccco1)c1ccccc1. The van der Waals surface area contributed by atoms with Crippen molar-refractivity contribution in [1.82, 2.24) is 5.32 Å². The second-order valence-electron chi connectivity index (χ2n) is 6.19. The van der Waals surface area contributed by atoms with Crippen LogP contribution in [-0.4, -0.2) is 18.7 Å². The molecule has 2 heterocycles. The van der Waals surface area contributed by atoms with Crippen LogP contribution in [0.15, 0.2) is 77.4 Å². The average molecular weight is 390 g/mol. The molecule has 29 heavy (non-hydrogen) atoms. The number of benzene rings is 2. The molecule has 1 aliphatic heterocycles. The summed E-state index contributed by atoms with van der Waals surface area (Å²) in [7, 11) is 0. The van der Waals surface area contributed by atoms with Crippen molar-refractivity contribution in [3.05, 3.63) is 84.3 Å². The van der Waals surface area contributed by atoms with E-state index in [0.717, 1.165) is 10.5 Å². The molecule has 0 fully saturated rings. The van der Waals surface area contributed by atoms with Crippen molar-refractivity contribution in [2.75, 3.05) is 11.7 Å². The number of carbonyl (C=O) groups excluding carboxylic acids is 2. The van der Waals surface area contributed by atoms with E-state index in [1.54, 1.807) is 60.7 Å². The van der Waals surface area contributed by atoms with Crippen molar-refractivity contribution in [1.29, 1.82) is 0 Å². The molecule has 0 bridgehead atoms. The van der Waals surface area contributed by atoms with E-state index in [-0.39, 0.29) is 13.3 Å². The van der Waals surface area contributed by atoms with Gasteiger partial charge in [0, 0.05) is 6.08 Å². The van der Waals surface area contributed by atoms with Crippen LogP contribution in [0.3, 0.4) is 0 Å². The number of rotatable bonds is 5. The molecule has 1 aliphatic rings. The van der Waals surface area contributed by atoms with Crippen LogP contribution in [0.1, 0.15) is 11.3 Å². The van der Waals surface area contributed by atoms with Gasteiger partial charge in [-0.1, -0.05) is 24.3 Å². The third kappa shape index (κ3) is 4.30. The number of hydrogen-bond acceptors (Lipinski definition) is 5. The van der Waals surface area contributed by atoms with Crippen molar-refractivity contribution in [2.24, 2.45) is 0 Å². The van der Waals surface area contributed by atoms with E-state index in [0.29, 0.717) is 22.9 Å². The van der Waals surface area contributed by atoms with Gasteiger partial charge in [0.05, 0.1) is 18.5 Å². The number of furan rings is 1. The van der Waals surface area contributed by atoms with Crippen LogP contribution in [0.25, 0.3) is 6.08 Å². The molecule has 0 radical (unpaired) electrons. The molecule has 2 aromatic carbocycles. The van der Waals surface area contributed by atoms with Gasteiger partial charge in [-0.2, -0.15) is 0 Å². The number of nitrogens with one attached hydrogen (secondary N) is 1. The molecule has 3 amide bonds. The highest BCUT2D eigenvalue weighted by molar-refractivity contribution is 6.19. The standard InChI is InChI=1S/C22H18N2O5/c25-21(11-9-16-8-10-19-20(13-16)29-15-28-19)24(17-5-2-1-3-6-17)22(26)23-14-18-7-4-12-27-18/h1-13H,14-15H2,(H,23,26)/b11-9+. The van der Waals surface area contributed by atoms with Gasteiger partial charge in [-0.25, -0.2) is 9.69 Å². The van der Waals surface area contributed by atoms with E-state index in [1.165, 1.54) is 12.3 Å². The van der Waals surface area contributed by atoms with E-state index in [2.05, 4.69) is 5.32 Å². The van der Waals surface area contributed by atoms with E-state index in [4.69, 9.17) is 13.9 Å². The topological polar surface area (TPSA) is 81.0 Å². The minimum atomic E-state index is -0.548. The van der Waals surface area contributed by atoms with Crippen molar-refractivity contribution in [3.63, 3.8) is 0 Å². The number of ether oxygens (including phenoxy) is 2. The molecule has 1 N–H and O–H groups in total. The summed E-state index contributed by atoms with van der Waals surface area (Å²) in [6, 6.07) is 17.0. The molecule has 7 nitrogen and oxygen atoms in total. The smallest absolute Gasteiger partial charge is 0.329 e. The molecule has 0 aliphatic carbocycles. The Labute approximate surface area is 167 Å². The lowest BCUT2D eigenvalue weighted by molar-refractivity contribution is -0.113. The number of carbonyl (C=O) groups is 2. The first-order valence-corrected chi connectivity index (χ1v) is 8.98. The number of para-hydroxylation sites is 1. The highest BCUT2D eigenvalue weighted by atomic mass is 16.7. The Bertz CT molecular complexity index is 1030. The zero-order chi connectivity index (χ0) is 20.1. The maximum absolute atomic E-state index is 12.9. The largest absolute Gasteiger partial charge is 0.467 e. The number of nitrogens with zero attached hydrogens (tertiary/aromatic N) is 1. The van der Waals surface area contributed by atoms with Crippen LogP contribution < -0.4 is 19.7 Å². The lowest BCUT2D eigenvalue weighted by atomic mass is 10.2. The molecule has 4 rings (SSSR count). The Kier molecular flexibility index (Phi) is 5.29. The van der Waals surface area contributed by atoms with Crippen LogP contribution in [0, 0.1) is 0 Å². The highest BCUT2D eigenvalue weighted by Gasteiger charge is 2.21. The number of amides is 3. The van der Waals surface area contributed by atoms with Gasteiger partial charge < -0.3 is 19.2 Å². The molecule has 3 aromatic rings.